The van der Waals surface area contributed by atoms with Crippen LogP contribution in [0.4, 0.5) is 5.69 Å². The number of rotatable bonds is 8. The molecule has 0 heterocycles. The van der Waals surface area contributed by atoms with Gasteiger partial charge in [-0.2, -0.15) is 4.31 Å². The van der Waals surface area contributed by atoms with Crippen molar-refractivity contribution in [1.82, 2.24) is 4.31 Å². The van der Waals surface area contributed by atoms with E-state index in [1.165, 1.54) is 6.42 Å². The SMILES string of the molecule is CC(C)CN(CC(C)C)S(=O)(=O)c1ccc(NC(=O)C2CCCCC2)cc1. The van der Waals surface area contributed by atoms with Crippen molar-refractivity contribution in [2.75, 3.05) is 18.4 Å². The van der Waals surface area contributed by atoms with Gasteiger partial charge >= 0.3 is 0 Å². The Morgan fingerprint density at radius 1 is 1.00 bits per heavy atom. The molecule has 1 aliphatic carbocycles. The quantitative estimate of drug-likeness (QED) is 0.705. The van der Waals surface area contributed by atoms with Crippen LogP contribution in [0.2, 0.25) is 0 Å². The minimum absolute atomic E-state index is 0.0477. The lowest BCUT2D eigenvalue weighted by Gasteiger charge is -2.25. The summed E-state index contributed by atoms with van der Waals surface area (Å²) in [5.41, 5.74) is 0.656. The normalized spacial score (nSPS) is 16.3. The molecule has 1 amide bonds. The largest absolute Gasteiger partial charge is 0.326 e. The fourth-order valence-electron chi connectivity index (χ4n) is 3.55. The molecule has 1 aliphatic rings. The molecule has 5 nitrogen and oxygen atoms in total. The Labute approximate surface area is 164 Å². The van der Waals surface area contributed by atoms with Crippen molar-refractivity contribution in [3.8, 4) is 0 Å². The Morgan fingerprint density at radius 3 is 2.00 bits per heavy atom. The molecule has 2 rings (SSSR count). The van der Waals surface area contributed by atoms with Gasteiger partial charge in [0.15, 0.2) is 0 Å². The predicted octanol–water partition coefficient (Wildman–Crippen LogP) is 4.51. The second-order valence-electron chi connectivity index (χ2n) is 8.46. The molecule has 27 heavy (non-hydrogen) atoms. The van der Waals surface area contributed by atoms with E-state index in [4.69, 9.17) is 0 Å². The molecule has 1 aromatic carbocycles. The van der Waals surface area contributed by atoms with E-state index in [1.54, 1.807) is 28.6 Å². The predicted molar refractivity (Wildman–Crippen MR) is 110 cm³/mol. The molecule has 6 heteroatoms. The van der Waals surface area contributed by atoms with Crippen molar-refractivity contribution < 1.29 is 13.2 Å². The van der Waals surface area contributed by atoms with E-state index in [9.17, 15) is 13.2 Å². The number of benzene rings is 1. The second-order valence-corrected chi connectivity index (χ2v) is 10.4. The monoisotopic (exact) mass is 394 g/mol. The molecule has 0 saturated heterocycles. The zero-order valence-corrected chi connectivity index (χ0v) is 17.9. The Kier molecular flexibility index (Phi) is 7.86. The van der Waals surface area contributed by atoms with Crippen molar-refractivity contribution >= 4 is 21.6 Å². The highest BCUT2D eigenvalue weighted by molar-refractivity contribution is 7.89. The van der Waals surface area contributed by atoms with Gasteiger partial charge in [0, 0.05) is 24.7 Å². The Morgan fingerprint density at radius 2 is 1.52 bits per heavy atom. The molecule has 1 aromatic rings. The Hall–Kier alpha value is -1.40. The first-order valence-electron chi connectivity index (χ1n) is 10.1. The molecule has 0 unspecified atom stereocenters. The molecule has 1 saturated carbocycles. The van der Waals surface area contributed by atoms with Crippen LogP contribution >= 0.6 is 0 Å². The van der Waals surface area contributed by atoms with E-state index in [0.717, 1.165) is 25.7 Å². The number of nitrogens with zero attached hydrogens (tertiary/aromatic N) is 1. The van der Waals surface area contributed by atoms with E-state index in [2.05, 4.69) is 5.32 Å². The minimum atomic E-state index is -3.54. The molecule has 1 N–H and O–H groups in total. The molecule has 0 aliphatic heterocycles. The molecular formula is C21H34N2O3S. The Balaban J connectivity index is 2.10. The van der Waals surface area contributed by atoms with E-state index in [0.29, 0.717) is 18.8 Å². The van der Waals surface area contributed by atoms with Crippen molar-refractivity contribution in [2.45, 2.75) is 64.7 Å². The summed E-state index contributed by atoms with van der Waals surface area (Å²) in [7, 11) is -3.54. The van der Waals surface area contributed by atoms with Gasteiger partial charge in [0.25, 0.3) is 0 Å². The van der Waals surface area contributed by atoms with E-state index >= 15 is 0 Å². The number of nitrogens with one attached hydrogen (secondary N) is 1. The number of hydrogen-bond donors (Lipinski definition) is 1. The van der Waals surface area contributed by atoms with Crippen LogP contribution in [0, 0.1) is 17.8 Å². The van der Waals surface area contributed by atoms with Gasteiger partial charge in [0.1, 0.15) is 0 Å². The summed E-state index contributed by atoms with van der Waals surface area (Å²) in [4.78, 5) is 12.6. The van der Waals surface area contributed by atoms with Gasteiger partial charge in [0.2, 0.25) is 15.9 Å². The maximum atomic E-state index is 13.0. The highest BCUT2D eigenvalue weighted by Gasteiger charge is 2.26. The number of carbonyl (C=O) groups is 1. The Bertz CT molecular complexity index is 695. The van der Waals surface area contributed by atoms with Gasteiger partial charge in [-0.3, -0.25) is 4.79 Å². The van der Waals surface area contributed by atoms with Crippen LogP contribution in [0.25, 0.3) is 0 Å². The van der Waals surface area contributed by atoms with Crippen molar-refractivity contribution in [3.63, 3.8) is 0 Å². The smallest absolute Gasteiger partial charge is 0.243 e. The van der Waals surface area contributed by atoms with Crippen LogP contribution in [-0.4, -0.2) is 31.7 Å². The number of carbonyl (C=O) groups excluding carboxylic acids is 1. The lowest BCUT2D eigenvalue weighted by molar-refractivity contribution is -0.120. The zero-order valence-electron chi connectivity index (χ0n) is 17.1. The van der Waals surface area contributed by atoms with Crippen LogP contribution in [0.3, 0.4) is 0 Å². The van der Waals surface area contributed by atoms with Gasteiger partial charge in [-0.1, -0.05) is 47.0 Å². The third kappa shape index (κ3) is 6.32. The molecule has 0 bridgehead atoms. The minimum Gasteiger partial charge on any atom is -0.326 e. The molecule has 1 fully saturated rings. The third-order valence-corrected chi connectivity index (χ3v) is 6.72. The van der Waals surface area contributed by atoms with Crippen LogP contribution < -0.4 is 5.32 Å². The van der Waals surface area contributed by atoms with Crippen molar-refractivity contribution in [2.24, 2.45) is 17.8 Å². The first-order valence-corrected chi connectivity index (χ1v) is 11.5. The summed E-state index contributed by atoms with van der Waals surface area (Å²) in [5.74, 6) is 0.640. The molecule has 0 spiro atoms. The molecule has 152 valence electrons. The summed E-state index contributed by atoms with van der Waals surface area (Å²) in [6.07, 6.45) is 5.31. The van der Waals surface area contributed by atoms with Gasteiger partial charge in [-0.15, -0.1) is 0 Å². The maximum absolute atomic E-state index is 13.0. The van der Waals surface area contributed by atoms with Gasteiger partial charge in [-0.25, -0.2) is 8.42 Å². The summed E-state index contributed by atoms with van der Waals surface area (Å²) in [5, 5.41) is 2.94. The lowest BCUT2D eigenvalue weighted by Crippen LogP contribution is -2.37. The highest BCUT2D eigenvalue weighted by atomic mass is 32.2. The number of hydrogen-bond acceptors (Lipinski definition) is 3. The second kappa shape index (κ2) is 9.69. The van der Waals surface area contributed by atoms with Crippen LogP contribution in [0.15, 0.2) is 29.2 Å². The maximum Gasteiger partial charge on any atom is 0.243 e. The molecular weight excluding hydrogens is 360 g/mol. The van der Waals surface area contributed by atoms with Crippen molar-refractivity contribution in [1.29, 1.82) is 0 Å². The van der Waals surface area contributed by atoms with Gasteiger partial charge in [0.05, 0.1) is 4.90 Å². The third-order valence-electron chi connectivity index (χ3n) is 4.87. The summed E-state index contributed by atoms with van der Waals surface area (Å²) < 4.78 is 27.6. The average molecular weight is 395 g/mol. The highest BCUT2D eigenvalue weighted by Crippen LogP contribution is 2.26. The number of amides is 1. The van der Waals surface area contributed by atoms with Gasteiger partial charge < -0.3 is 5.32 Å². The zero-order chi connectivity index (χ0) is 20.0. The average Bonchev–Trinajstić information content (AvgIpc) is 2.61. The fourth-order valence-corrected chi connectivity index (χ4v) is 5.32. The lowest BCUT2D eigenvalue weighted by atomic mass is 9.88. The summed E-state index contributed by atoms with van der Waals surface area (Å²) >= 11 is 0. The van der Waals surface area contributed by atoms with Crippen LogP contribution in [0.5, 0.6) is 0 Å². The summed E-state index contributed by atoms with van der Waals surface area (Å²) in [6.45, 7) is 9.08. The fraction of sp³-hybridized carbons (Fsp3) is 0.667. The first-order chi connectivity index (χ1) is 12.7. The standard InChI is InChI=1S/C21H34N2O3S/c1-16(2)14-23(15-17(3)4)27(25,26)20-12-10-19(11-13-20)22-21(24)18-8-6-5-7-9-18/h10-13,16-18H,5-9,14-15H2,1-4H3,(H,22,24). The topological polar surface area (TPSA) is 66.5 Å². The first kappa shape index (κ1) is 21.9. The molecule has 0 aromatic heterocycles. The van der Waals surface area contributed by atoms with E-state index in [-0.39, 0.29) is 28.6 Å². The van der Waals surface area contributed by atoms with Crippen LogP contribution in [-0.2, 0) is 14.8 Å². The molecule has 0 radical (unpaired) electrons. The number of sulfonamides is 1. The number of anilines is 1. The molecule has 0 atom stereocenters. The summed E-state index contributed by atoms with van der Waals surface area (Å²) in [6, 6.07) is 6.58. The van der Waals surface area contributed by atoms with E-state index < -0.39 is 10.0 Å². The van der Waals surface area contributed by atoms with Crippen molar-refractivity contribution in [3.05, 3.63) is 24.3 Å². The van der Waals surface area contributed by atoms with E-state index in [1.807, 2.05) is 27.7 Å². The van der Waals surface area contributed by atoms with Crippen LogP contribution in [0.1, 0.15) is 59.8 Å². The van der Waals surface area contributed by atoms with Gasteiger partial charge in [-0.05, 0) is 48.9 Å².